The van der Waals surface area contributed by atoms with Crippen LogP contribution < -0.4 is 10.1 Å². The van der Waals surface area contributed by atoms with Crippen LogP contribution in [-0.2, 0) is 14.8 Å². The summed E-state index contributed by atoms with van der Waals surface area (Å²) in [5.41, 5.74) is 0.387. The number of carbonyl (C=O) groups excluding carboxylic acids is 1. The topological polar surface area (TPSA) is 84.9 Å². The first-order valence-corrected chi connectivity index (χ1v) is 10.2. The average molecular weight is 429 g/mol. The van der Waals surface area contributed by atoms with Gasteiger partial charge < -0.3 is 14.8 Å². The van der Waals surface area contributed by atoms with E-state index in [9.17, 15) is 17.6 Å². The van der Waals surface area contributed by atoms with E-state index < -0.39 is 21.7 Å². The summed E-state index contributed by atoms with van der Waals surface area (Å²) in [6, 6.07) is 7.86. The Morgan fingerprint density at radius 2 is 1.93 bits per heavy atom. The summed E-state index contributed by atoms with van der Waals surface area (Å²) < 4.78 is 50.9. The molecule has 0 spiro atoms. The summed E-state index contributed by atoms with van der Waals surface area (Å²) in [5.74, 6) is -1.04. The van der Waals surface area contributed by atoms with Crippen molar-refractivity contribution in [3.8, 4) is 5.75 Å². The summed E-state index contributed by atoms with van der Waals surface area (Å²) in [6.07, 6.45) is 0. The molecular weight excluding hydrogens is 411 g/mol. The number of anilines is 1. The minimum atomic E-state index is -3.87. The number of rotatable bonds is 5. The SMILES string of the molecule is COc1ccc(C(=O)Nc2ccc(F)c(Cl)c2)cc1S(=O)(=O)N1CCOCC1. The number of halogens is 2. The molecule has 1 aliphatic rings. The van der Waals surface area contributed by atoms with E-state index in [0.29, 0.717) is 13.2 Å². The molecule has 28 heavy (non-hydrogen) atoms. The van der Waals surface area contributed by atoms with Gasteiger partial charge in [-0.15, -0.1) is 0 Å². The molecule has 3 rings (SSSR count). The maximum absolute atomic E-state index is 13.3. The molecule has 1 fully saturated rings. The monoisotopic (exact) mass is 428 g/mol. The average Bonchev–Trinajstić information content (AvgIpc) is 2.71. The number of morpholine rings is 1. The zero-order valence-corrected chi connectivity index (χ0v) is 16.5. The fourth-order valence-electron chi connectivity index (χ4n) is 2.72. The first-order chi connectivity index (χ1) is 13.3. The van der Waals surface area contributed by atoms with E-state index in [1.807, 2.05) is 0 Å². The fraction of sp³-hybridized carbons (Fsp3) is 0.278. The van der Waals surface area contributed by atoms with E-state index in [1.165, 1.54) is 41.7 Å². The molecule has 0 bridgehead atoms. The maximum atomic E-state index is 13.3. The van der Waals surface area contributed by atoms with Crippen molar-refractivity contribution in [2.45, 2.75) is 4.90 Å². The van der Waals surface area contributed by atoms with Crippen LogP contribution in [0.4, 0.5) is 10.1 Å². The van der Waals surface area contributed by atoms with Crippen molar-refractivity contribution < 1.29 is 27.1 Å². The Morgan fingerprint density at radius 3 is 2.57 bits per heavy atom. The lowest BCUT2D eigenvalue weighted by molar-refractivity contribution is 0.0729. The van der Waals surface area contributed by atoms with Gasteiger partial charge in [-0.1, -0.05) is 11.6 Å². The number of hydrogen-bond donors (Lipinski definition) is 1. The third-order valence-electron chi connectivity index (χ3n) is 4.19. The Balaban J connectivity index is 1.91. The molecule has 0 aliphatic carbocycles. The minimum Gasteiger partial charge on any atom is -0.495 e. The Morgan fingerprint density at radius 1 is 1.21 bits per heavy atom. The van der Waals surface area contributed by atoms with Gasteiger partial charge in [0.1, 0.15) is 16.5 Å². The predicted molar refractivity (Wildman–Crippen MR) is 102 cm³/mol. The molecule has 2 aromatic carbocycles. The molecule has 0 unspecified atom stereocenters. The second-order valence-corrected chi connectivity index (χ2v) is 8.28. The number of benzene rings is 2. The summed E-state index contributed by atoms with van der Waals surface area (Å²) in [6.45, 7) is 1.03. The van der Waals surface area contributed by atoms with Crippen LogP contribution in [0.1, 0.15) is 10.4 Å². The van der Waals surface area contributed by atoms with Crippen LogP contribution in [-0.4, -0.2) is 52.0 Å². The predicted octanol–water partition coefficient (Wildman–Crippen LogP) is 2.76. The number of hydrogen-bond acceptors (Lipinski definition) is 5. The Labute approximate surface area is 167 Å². The van der Waals surface area contributed by atoms with Gasteiger partial charge in [-0.2, -0.15) is 4.31 Å². The van der Waals surface area contributed by atoms with Crippen molar-refractivity contribution in [1.29, 1.82) is 0 Å². The van der Waals surface area contributed by atoms with Gasteiger partial charge in [0.15, 0.2) is 0 Å². The fourth-order valence-corrected chi connectivity index (χ4v) is 4.49. The van der Waals surface area contributed by atoms with Crippen molar-refractivity contribution in [1.82, 2.24) is 4.31 Å². The first-order valence-electron chi connectivity index (χ1n) is 8.35. The highest BCUT2D eigenvalue weighted by Crippen LogP contribution is 2.29. The third kappa shape index (κ3) is 4.27. The third-order valence-corrected chi connectivity index (χ3v) is 6.40. The number of ether oxygens (including phenoxy) is 2. The highest BCUT2D eigenvalue weighted by Gasteiger charge is 2.30. The molecule has 0 atom stereocenters. The number of amides is 1. The molecule has 1 heterocycles. The van der Waals surface area contributed by atoms with Crippen LogP contribution in [0.15, 0.2) is 41.3 Å². The molecule has 1 aliphatic heterocycles. The lowest BCUT2D eigenvalue weighted by Crippen LogP contribution is -2.40. The van der Waals surface area contributed by atoms with Gasteiger partial charge in [-0.3, -0.25) is 4.79 Å². The second-order valence-electron chi connectivity index (χ2n) is 5.97. The normalized spacial score (nSPS) is 15.2. The number of nitrogens with one attached hydrogen (secondary N) is 1. The van der Waals surface area contributed by atoms with E-state index in [1.54, 1.807) is 0 Å². The first kappa shape index (κ1) is 20.5. The zero-order valence-electron chi connectivity index (χ0n) is 14.9. The van der Waals surface area contributed by atoms with Crippen molar-refractivity contribution in [2.24, 2.45) is 0 Å². The van der Waals surface area contributed by atoms with Crippen molar-refractivity contribution in [3.63, 3.8) is 0 Å². The van der Waals surface area contributed by atoms with E-state index in [4.69, 9.17) is 21.1 Å². The Kier molecular flexibility index (Phi) is 6.19. The van der Waals surface area contributed by atoms with Crippen molar-refractivity contribution in [3.05, 3.63) is 52.8 Å². The van der Waals surface area contributed by atoms with E-state index in [2.05, 4.69) is 5.32 Å². The molecule has 1 saturated heterocycles. The van der Waals surface area contributed by atoms with Crippen LogP contribution in [0.2, 0.25) is 5.02 Å². The van der Waals surface area contributed by atoms with Gasteiger partial charge in [-0.05, 0) is 36.4 Å². The van der Waals surface area contributed by atoms with Crippen LogP contribution in [0, 0.1) is 5.82 Å². The molecular formula is C18H18ClFN2O5S. The quantitative estimate of drug-likeness (QED) is 0.791. The number of carbonyl (C=O) groups is 1. The molecule has 10 heteroatoms. The van der Waals surface area contributed by atoms with Crippen LogP contribution in [0.5, 0.6) is 5.75 Å². The number of sulfonamides is 1. The summed E-state index contributed by atoms with van der Waals surface area (Å²) in [4.78, 5) is 12.4. The van der Waals surface area contributed by atoms with Gasteiger partial charge >= 0.3 is 0 Å². The molecule has 0 saturated carbocycles. The van der Waals surface area contributed by atoms with Crippen molar-refractivity contribution in [2.75, 3.05) is 38.7 Å². The second kappa shape index (κ2) is 8.44. The molecule has 150 valence electrons. The van der Waals surface area contributed by atoms with Gasteiger partial charge in [0.2, 0.25) is 10.0 Å². The highest BCUT2D eigenvalue weighted by molar-refractivity contribution is 7.89. The summed E-state index contributed by atoms with van der Waals surface area (Å²) in [7, 11) is -2.51. The molecule has 2 aromatic rings. The molecule has 1 N–H and O–H groups in total. The number of methoxy groups -OCH3 is 1. The smallest absolute Gasteiger partial charge is 0.255 e. The van der Waals surface area contributed by atoms with Crippen LogP contribution >= 0.6 is 11.6 Å². The zero-order chi connectivity index (χ0) is 20.3. The lowest BCUT2D eigenvalue weighted by atomic mass is 10.2. The van der Waals surface area contributed by atoms with Gasteiger partial charge in [0.05, 0.1) is 25.3 Å². The Hall–Kier alpha value is -2.20. The Bertz CT molecular complexity index is 993. The van der Waals surface area contributed by atoms with E-state index >= 15 is 0 Å². The van der Waals surface area contributed by atoms with E-state index in [0.717, 1.165) is 6.07 Å². The number of nitrogens with zero attached hydrogens (tertiary/aromatic N) is 1. The van der Waals surface area contributed by atoms with Crippen molar-refractivity contribution >= 4 is 33.2 Å². The molecule has 0 aromatic heterocycles. The standard InChI is InChI=1S/C18H18ClFN2O5S/c1-26-16-5-2-12(18(23)21-13-3-4-15(20)14(19)11-13)10-17(16)28(24,25)22-6-8-27-9-7-22/h2-5,10-11H,6-9H2,1H3,(H,21,23). The largest absolute Gasteiger partial charge is 0.495 e. The maximum Gasteiger partial charge on any atom is 0.255 e. The molecule has 1 amide bonds. The molecule has 0 radical (unpaired) electrons. The summed E-state index contributed by atoms with van der Waals surface area (Å²) >= 11 is 5.72. The van der Waals surface area contributed by atoms with Crippen LogP contribution in [0.3, 0.4) is 0 Å². The minimum absolute atomic E-state index is 0.105. The lowest BCUT2D eigenvalue weighted by Gasteiger charge is -2.26. The highest BCUT2D eigenvalue weighted by atomic mass is 35.5. The van der Waals surface area contributed by atoms with Crippen LogP contribution in [0.25, 0.3) is 0 Å². The van der Waals surface area contributed by atoms with Gasteiger partial charge in [0.25, 0.3) is 5.91 Å². The summed E-state index contributed by atoms with van der Waals surface area (Å²) in [5, 5.41) is 2.43. The van der Waals surface area contributed by atoms with E-state index in [-0.39, 0.29) is 40.0 Å². The molecule has 7 nitrogen and oxygen atoms in total. The van der Waals surface area contributed by atoms with Gasteiger partial charge in [-0.25, -0.2) is 12.8 Å². The van der Waals surface area contributed by atoms with Gasteiger partial charge in [0, 0.05) is 24.3 Å².